The lowest BCUT2D eigenvalue weighted by atomic mass is 10.2. The first-order valence-electron chi connectivity index (χ1n) is 7.55. The van der Waals surface area contributed by atoms with Crippen LogP contribution in [0.4, 0.5) is 13.2 Å². The van der Waals surface area contributed by atoms with E-state index in [1.54, 1.807) is 13.0 Å². The molecule has 0 aliphatic heterocycles. The van der Waals surface area contributed by atoms with Crippen LogP contribution in [0.3, 0.4) is 0 Å². The van der Waals surface area contributed by atoms with Gasteiger partial charge in [0.2, 0.25) is 0 Å². The quantitative estimate of drug-likeness (QED) is 0.219. The van der Waals surface area contributed by atoms with Crippen molar-refractivity contribution in [1.82, 2.24) is 16.0 Å². The molecule has 0 spiro atoms. The van der Waals surface area contributed by atoms with Crippen LogP contribution in [0, 0.1) is 0 Å². The Balaban J connectivity index is 0.00000625. The molecule has 5 nitrogen and oxygen atoms in total. The fraction of sp³-hybridized carbons (Fsp3) is 0.467. The molecule has 0 heterocycles. The predicted molar refractivity (Wildman–Crippen MR) is 109 cm³/mol. The monoisotopic (exact) mass is 526 g/mol. The van der Waals surface area contributed by atoms with Crippen LogP contribution in [0.1, 0.15) is 23.7 Å². The molecule has 1 aromatic rings. The molecule has 148 valence electrons. The summed E-state index contributed by atoms with van der Waals surface area (Å²) in [5.41, 5.74) is 0.361. The Morgan fingerprint density at radius 3 is 2.35 bits per heavy atom. The average molecular weight is 527 g/mol. The lowest BCUT2D eigenvalue weighted by molar-refractivity contribution is -0.132. The molecule has 0 aliphatic carbocycles. The Morgan fingerprint density at radius 1 is 1.12 bits per heavy atom. The number of amides is 1. The van der Waals surface area contributed by atoms with Crippen molar-refractivity contribution in [2.75, 3.05) is 26.2 Å². The third kappa shape index (κ3) is 10.3. The summed E-state index contributed by atoms with van der Waals surface area (Å²) in [5.74, 6) is -0.0742. The summed E-state index contributed by atoms with van der Waals surface area (Å²) < 4.78 is 36.4. The number of aliphatic imine (C=N–C) groups is 1. The fourth-order valence-electron chi connectivity index (χ4n) is 1.73. The number of nitrogens with one attached hydrogen (secondary N) is 3. The number of halogens is 6. The number of hydrogen-bond acceptors (Lipinski definition) is 2. The van der Waals surface area contributed by atoms with Crippen LogP contribution in [0.5, 0.6) is 0 Å². The number of guanidine groups is 1. The van der Waals surface area contributed by atoms with Gasteiger partial charge in [0.15, 0.2) is 5.96 Å². The van der Waals surface area contributed by atoms with Gasteiger partial charge in [-0.2, -0.15) is 13.2 Å². The average Bonchev–Trinajstić information content (AvgIpc) is 2.52. The molecule has 0 bridgehead atoms. The zero-order valence-electron chi connectivity index (χ0n) is 13.9. The van der Waals surface area contributed by atoms with Crippen LogP contribution in [0.25, 0.3) is 0 Å². The van der Waals surface area contributed by atoms with Crippen molar-refractivity contribution in [3.8, 4) is 0 Å². The van der Waals surface area contributed by atoms with Crippen LogP contribution in [0.2, 0.25) is 10.0 Å². The molecule has 0 fully saturated rings. The largest absolute Gasteiger partial charge is 0.390 e. The van der Waals surface area contributed by atoms with Crippen molar-refractivity contribution in [1.29, 1.82) is 0 Å². The van der Waals surface area contributed by atoms with Gasteiger partial charge in [-0.15, -0.1) is 24.0 Å². The van der Waals surface area contributed by atoms with E-state index < -0.39 is 12.6 Å². The molecule has 0 aromatic heterocycles. The number of carbonyl (C=O) groups is 1. The number of hydrogen-bond donors (Lipinski definition) is 3. The second kappa shape index (κ2) is 12.4. The normalized spacial score (nSPS) is 11.5. The molecule has 3 N–H and O–H groups in total. The Bertz CT molecular complexity index is 615. The van der Waals surface area contributed by atoms with Crippen molar-refractivity contribution in [3.63, 3.8) is 0 Å². The minimum Gasteiger partial charge on any atom is -0.357 e. The van der Waals surface area contributed by atoms with Gasteiger partial charge in [-0.1, -0.05) is 23.2 Å². The molecule has 11 heteroatoms. The van der Waals surface area contributed by atoms with Crippen LogP contribution >= 0.6 is 47.2 Å². The van der Waals surface area contributed by atoms with E-state index in [0.29, 0.717) is 23.7 Å². The van der Waals surface area contributed by atoms with Crippen molar-refractivity contribution < 1.29 is 18.0 Å². The number of nitrogens with zero attached hydrogens (tertiary/aromatic N) is 1. The van der Waals surface area contributed by atoms with Gasteiger partial charge in [0, 0.05) is 25.2 Å². The zero-order chi connectivity index (χ0) is 18.9. The van der Waals surface area contributed by atoms with Crippen molar-refractivity contribution in [3.05, 3.63) is 33.8 Å². The van der Waals surface area contributed by atoms with Gasteiger partial charge in [-0.3, -0.25) is 9.79 Å². The third-order valence-corrected chi connectivity index (χ3v) is 3.63. The van der Waals surface area contributed by atoms with Gasteiger partial charge in [-0.05, 0) is 25.1 Å². The molecule has 1 aromatic carbocycles. The van der Waals surface area contributed by atoms with Crippen LogP contribution in [-0.2, 0) is 0 Å². The van der Waals surface area contributed by atoms with Gasteiger partial charge in [0.25, 0.3) is 5.91 Å². The molecule has 1 amide bonds. The highest BCUT2D eigenvalue weighted by Gasteiger charge is 2.26. The molecule has 1 rings (SSSR count). The summed E-state index contributed by atoms with van der Waals surface area (Å²) in [6.07, 6.45) is -5.23. The Labute approximate surface area is 177 Å². The molecule has 26 heavy (non-hydrogen) atoms. The smallest absolute Gasteiger partial charge is 0.357 e. The molecule has 0 unspecified atom stereocenters. The number of carbonyl (C=O) groups excluding carboxylic acids is 1. The van der Waals surface area contributed by atoms with Crippen LogP contribution in [-0.4, -0.2) is 44.2 Å². The van der Waals surface area contributed by atoms with Crippen molar-refractivity contribution in [2.24, 2.45) is 4.99 Å². The van der Waals surface area contributed by atoms with E-state index in [0.717, 1.165) is 0 Å². The van der Waals surface area contributed by atoms with Gasteiger partial charge >= 0.3 is 6.18 Å². The highest BCUT2D eigenvalue weighted by Crippen LogP contribution is 2.22. The first-order valence-corrected chi connectivity index (χ1v) is 8.30. The van der Waals surface area contributed by atoms with E-state index in [2.05, 4.69) is 20.9 Å². The van der Waals surface area contributed by atoms with E-state index >= 15 is 0 Å². The first kappa shape index (κ1) is 25.1. The highest BCUT2D eigenvalue weighted by molar-refractivity contribution is 14.0. The molecular weight excluding hydrogens is 507 g/mol. The second-order valence-corrected chi connectivity index (χ2v) is 5.75. The summed E-state index contributed by atoms with van der Waals surface area (Å²) >= 11 is 11.6. The number of rotatable bonds is 7. The van der Waals surface area contributed by atoms with E-state index in [-0.39, 0.29) is 54.0 Å². The Kier molecular flexibility index (Phi) is 12.0. The standard InChI is InChI=1S/C15H19Cl2F3N4O.HI/c1-2-21-14(23-6-5-15(18,19)20)24-8-7-22-13(25)10-3-4-11(16)12(17)9-10;/h3-4,9H,2,5-8H2,1H3,(H,22,25)(H2,21,23,24);1H. The van der Waals surface area contributed by atoms with Gasteiger partial charge < -0.3 is 16.0 Å². The van der Waals surface area contributed by atoms with Crippen LogP contribution < -0.4 is 16.0 Å². The molecule has 0 aliphatic rings. The van der Waals surface area contributed by atoms with Gasteiger partial charge in [0.05, 0.1) is 23.0 Å². The molecule has 0 radical (unpaired) electrons. The highest BCUT2D eigenvalue weighted by atomic mass is 127. The minimum atomic E-state index is -4.24. The van der Waals surface area contributed by atoms with E-state index in [4.69, 9.17) is 23.2 Å². The summed E-state index contributed by atoms with van der Waals surface area (Å²) in [6.45, 7) is 2.49. The lowest BCUT2D eigenvalue weighted by Gasteiger charge is -2.12. The topological polar surface area (TPSA) is 65.5 Å². The fourth-order valence-corrected chi connectivity index (χ4v) is 2.03. The summed E-state index contributed by atoms with van der Waals surface area (Å²) in [4.78, 5) is 15.8. The summed E-state index contributed by atoms with van der Waals surface area (Å²) in [6, 6.07) is 4.52. The number of alkyl halides is 3. The maximum absolute atomic E-state index is 12.1. The van der Waals surface area contributed by atoms with E-state index in [1.807, 2.05) is 0 Å². The SMILES string of the molecule is CCNC(=NCCC(F)(F)F)NCCNC(=O)c1ccc(Cl)c(Cl)c1.I. The predicted octanol–water partition coefficient (Wildman–Crippen LogP) is 3.85. The lowest BCUT2D eigenvalue weighted by Crippen LogP contribution is -2.41. The third-order valence-electron chi connectivity index (χ3n) is 2.89. The molecular formula is C15H20Cl2F3IN4O. The van der Waals surface area contributed by atoms with Crippen LogP contribution in [0.15, 0.2) is 23.2 Å². The zero-order valence-corrected chi connectivity index (χ0v) is 17.8. The van der Waals surface area contributed by atoms with Gasteiger partial charge in [-0.25, -0.2) is 0 Å². The van der Waals surface area contributed by atoms with E-state index in [1.165, 1.54) is 12.1 Å². The van der Waals surface area contributed by atoms with Crippen molar-refractivity contribution in [2.45, 2.75) is 19.5 Å². The Hall–Kier alpha value is -0.940. The second-order valence-electron chi connectivity index (χ2n) is 4.94. The maximum atomic E-state index is 12.1. The molecule has 0 atom stereocenters. The first-order chi connectivity index (χ1) is 11.7. The van der Waals surface area contributed by atoms with Crippen molar-refractivity contribution >= 4 is 59.0 Å². The Morgan fingerprint density at radius 2 is 1.77 bits per heavy atom. The summed E-state index contributed by atoms with van der Waals surface area (Å²) in [7, 11) is 0. The van der Waals surface area contributed by atoms with Gasteiger partial charge in [0.1, 0.15) is 0 Å². The maximum Gasteiger partial charge on any atom is 0.390 e. The summed E-state index contributed by atoms with van der Waals surface area (Å²) in [5, 5.41) is 8.96. The number of benzene rings is 1. The molecule has 0 saturated heterocycles. The van der Waals surface area contributed by atoms with E-state index in [9.17, 15) is 18.0 Å². The molecule has 0 saturated carbocycles. The minimum absolute atomic E-state index is 0.